The molecule has 0 bridgehead atoms. The Morgan fingerprint density at radius 1 is 0.511 bits per heavy atom. The van der Waals surface area contributed by atoms with E-state index in [4.69, 9.17) is 0 Å². The number of nitrogens with one attached hydrogen (secondary N) is 4. The molecule has 2 aromatic rings. The molecule has 0 aliphatic heterocycles. The van der Waals surface area contributed by atoms with E-state index in [9.17, 15) is 19.2 Å². The third-order valence-electron chi connectivity index (χ3n) is 7.81. The van der Waals surface area contributed by atoms with Crippen molar-refractivity contribution < 1.29 is 19.2 Å². The number of hydrogen-bond acceptors (Lipinski definition) is 6. The summed E-state index contributed by atoms with van der Waals surface area (Å²) in [5.74, 6) is -0.843. The molecule has 4 N–H and O–H groups in total. The number of hydrogen-bond donors (Lipinski definition) is 4. The minimum absolute atomic E-state index is 0.0153. The highest BCUT2D eigenvalue weighted by Crippen LogP contribution is 2.12. The number of rotatable bonds is 22. The Morgan fingerprint density at radius 3 is 1.09 bits per heavy atom. The molecule has 0 aliphatic rings. The van der Waals surface area contributed by atoms with Crippen molar-refractivity contribution >= 4 is 23.6 Å². The summed E-state index contributed by atoms with van der Waals surface area (Å²) in [4.78, 5) is 58.1. The van der Waals surface area contributed by atoms with Crippen molar-refractivity contribution in [3.05, 3.63) is 60.2 Å². The Labute approximate surface area is 269 Å². The second-order valence-corrected chi connectivity index (χ2v) is 12.3. The average Bonchev–Trinajstić information content (AvgIpc) is 3.04. The number of pyridine rings is 2. The maximum absolute atomic E-state index is 12.7. The van der Waals surface area contributed by atoms with Gasteiger partial charge in [-0.15, -0.1) is 0 Å². The largest absolute Gasteiger partial charge is 0.354 e. The number of carbonyl (C=O) groups is 4. The fourth-order valence-electron chi connectivity index (χ4n) is 5.01. The van der Waals surface area contributed by atoms with Gasteiger partial charge in [0.1, 0.15) is 12.1 Å². The zero-order valence-corrected chi connectivity index (χ0v) is 27.6. The van der Waals surface area contributed by atoms with Gasteiger partial charge in [-0.05, 0) is 48.9 Å². The van der Waals surface area contributed by atoms with Gasteiger partial charge >= 0.3 is 0 Å². The molecule has 10 heteroatoms. The molecule has 2 atom stereocenters. The third kappa shape index (κ3) is 15.1. The van der Waals surface area contributed by atoms with E-state index in [1.807, 2.05) is 27.7 Å². The normalized spacial score (nSPS) is 12.4. The lowest BCUT2D eigenvalue weighted by molar-refractivity contribution is -0.124. The van der Waals surface area contributed by atoms with E-state index in [0.29, 0.717) is 24.2 Å². The molecule has 2 aromatic heterocycles. The Hall–Kier alpha value is -3.82. The highest BCUT2D eigenvalue weighted by Gasteiger charge is 2.25. The van der Waals surface area contributed by atoms with Crippen LogP contribution in [0.15, 0.2) is 49.1 Å². The van der Waals surface area contributed by atoms with Crippen LogP contribution in [0, 0.1) is 11.8 Å². The van der Waals surface area contributed by atoms with Gasteiger partial charge < -0.3 is 21.3 Å². The number of aromatic nitrogens is 2. The van der Waals surface area contributed by atoms with E-state index in [0.717, 1.165) is 38.5 Å². The molecule has 0 aliphatic carbocycles. The molecule has 0 saturated heterocycles. The number of nitrogens with zero attached hydrogens (tertiary/aromatic N) is 2. The third-order valence-corrected chi connectivity index (χ3v) is 7.81. The molecule has 10 nitrogen and oxygen atoms in total. The van der Waals surface area contributed by atoms with Crippen LogP contribution in [0.2, 0.25) is 0 Å². The first-order chi connectivity index (χ1) is 21.7. The van der Waals surface area contributed by atoms with Crippen LogP contribution in [0.5, 0.6) is 0 Å². The fraction of sp³-hybridized carbons (Fsp3) is 0.600. The lowest BCUT2D eigenvalue weighted by atomic mass is 10.0. The lowest BCUT2D eigenvalue weighted by Crippen LogP contribution is -2.49. The van der Waals surface area contributed by atoms with Crippen LogP contribution in [-0.2, 0) is 9.59 Å². The van der Waals surface area contributed by atoms with Crippen molar-refractivity contribution in [1.29, 1.82) is 0 Å². The predicted octanol–water partition coefficient (Wildman–Crippen LogP) is 5.21. The summed E-state index contributed by atoms with van der Waals surface area (Å²) in [6, 6.07) is 5.40. The highest BCUT2D eigenvalue weighted by atomic mass is 16.2. The average molecular weight is 623 g/mol. The summed E-state index contributed by atoms with van der Waals surface area (Å²) in [6.45, 7) is 8.94. The summed E-state index contributed by atoms with van der Waals surface area (Å²) in [7, 11) is 0. The number of carbonyl (C=O) groups excluding carboxylic acids is 4. The first kappa shape index (κ1) is 37.4. The van der Waals surface area contributed by atoms with Crippen LogP contribution in [0.3, 0.4) is 0 Å². The quantitative estimate of drug-likeness (QED) is 0.133. The molecule has 0 unspecified atom stereocenters. The van der Waals surface area contributed by atoms with Gasteiger partial charge in [-0.25, -0.2) is 0 Å². The number of amides is 4. The van der Waals surface area contributed by atoms with Gasteiger partial charge in [-0.2, -0.15) is 0 Å². The van der Waals surface area contributed by atoms with Crippen molar-refractivity contribution in [2.45, 2.75) is 110 Å². The SMILES string of the molecule is CC(C)[C@H](NC(=O)c1ccncc1)C(=O)NCCCCCCCCCCCCCNC(=O)[C@@H](NC(=O)c1ccncc1)C(C)C. The van der Waals surface area contributed by atoms with E-state index in [2.05, 4.69) is 31.2 Å². The van der Waals surface area contributed by atoms with Gasteiger partial charge in [0.15, 0.2) is 0 Å². The fourth-order valence-corrected chi connectivity index (χ4v) is 5.01. The topological polar surface area (TPSA) is 142 Å². The Morgan fingerprint density at radius 2 is 0.800 bits per heavy atom. The lowest BCUT2D eigenvalue weighted by Gasteiger charge is -2.21. The monoisotopic (exact) mass is 622 g/mol. The molecular formula is C35H54N6O4. The molecule has 0 radical (unpaired) electrons. The van der Waals surface area contributed by atoms with Crippen molar-refractivity contribution in [1.82, 2.24) is 31.2 Å². The van der Waals surface area contributed by atoms with Crippen LogP contribution in [0.25, 0.3) is 0 Å². The van der Waals surface area contributed by atoms with Gasteiger partial charge in [0.25, 0.3) is 11.8 Å². The smallest absolute Gasteiger partial charge is 0.252 e. The van der Waals surface area contributed by atoms with Crippen LogP contribution in [0.1, 0.15) is 119 Å². The minimum Gasteiger partial charge on any atom is -0.354 e. The highest BCUT2D eigenvalue weighted by molar-refractivity contribution is 5.98. The van der Waals surface area contributed by atoms with Crippen molar-refractivity contribution in [3.63, 3.8) is 0 Å². The van der Waals surface area contributed by atoms with Crippen LogP contribution < -0.4 is 21.3 Å². The van der Waals surface area contributed by atoms with E-state index in [1.54, 1.807) is 49.1 Å². The molecule has 2 heterocycles. The molecule has 0 saturated carbocycles. The van der Waals surface area contributed by atoms with Crippen LogP contribution in [-0.4, -0.2) is 58.8 Å². The molecule has 2 rings (SSSR count). The van der Waals surface area contributed by atoms with Crippen LogP contribution in [0.4, 0.5) is 0 Å². The van der Waals surface area contributed by atoms with E-state index >= 15 is 0 Å². The Bertz CT molecular complexity index is 1050. The van der Waals surface area contributed by atoms with Gasteiger partial charge in [-0.1, -0.05) is 85.5 Å². The zero-order chi connectivity index (χ0) is 32.9. The first-order valence-electron chi connectivity index (χ1n) is 16.7. The van der Waals surface area contributed by atoms with Crippen molar-refractivity contribution in [2.24, 2.45) is 11.8 Å². The summed E-state index contributed by atoms with van der Waals surface area (Å²) in [5.41, 5.74) is 0.984. The summed E-state index contributed by atoms with van der Waals surface area (Å²) in [6.07, 6.45) is 18.6. The molecule has 0 spiro atoms. The Kier molecular flexibility index (Phi) is 18.1. The maximum atomic E-state index is 12.7. The molecule has 45 heavy (non-hydrogen) atoms. The molecular weight excluding hydrogens is 568 g/mol. The maximum Gasteiger partial charge on any atom is 0.252 e. The van der Waals surface area contributed by atoms with Gasteiger partial charge in [0.2, 0.25) is 11.8 Å². The molecule has 248 valence electrons. The van der Waals surface area contributed by atoms with Crippen molar-refractivity contribution in [2.75, 3.05) is 13.1 Å². The predicted molar refractivity (Wildman–Crippen MR) is 177 cm³/mol. The van der Waals surface area contributed by atoms with Crippen molar-refractivity contribution in [3.8, 4) is 0 Å². The molecule has 4 amide bonds. The van der Waals surface area contributed by atoms with Gasteiger partial charge in [0, 0.05) is 49.0 Å². The Balaban J connectivity index is 1.44. The molecule has 0 aromatic carbocycles. The van der Waals surface area contributed by atoms with Gasteiger partial charge in [0.05, 0.1) is 0 Å². The second-order valence-electron chi connectivity index (χ2n) is 12.3. The van der Waals surface area contributed by atoms with E-state index in [1.165, 1.54) is 32.1 Å². The summed E-state index contributed by atoms with van der Waals surface area (Å²) in [5, 5.41) is 11.7. The number of unbranched alkanes of at least 4 members (excludes halogenated alkanes) is 10. The van der Waals surface area contributed by atoms with E-state index in [-0.39, 0.29) is 35.5 Å². The summed E-state index contributed by atoms with van der Waals surface area (Å²) < 4.78 is 0. The zero-order valence-electron chi connectivity index (χ0n) is 27.6. The molecule has 0 fully saturated rings. The summed E-state index contributed by atoms with van der Waals surface area (Å²) >= 11 is 0. The minimum atomic E-state index is -0.570. The standard InChI is InChI=1S/C35H54N6O4/c1-26(2)30(40-32(42)28-16-22-36-23-17-28)34(44)38-20-14-12-10-8-6-5-7-9-11-13-15-21-39-35(45)31(27(3)4)41-33(43)29-18-24-37-25-19-29/h16-19,22-27,30-31H,5-15,20-21H2,1-4H3,(H,38,44)(H,39,45)(H,40,42)(H,41,43)/t30-,31-/m0/s1. The van der Waals surface area contributed by atoms with Gasteiger partial charge in [-0.3, -0.25) is 29.1 Å². The van der Waals surface area contributed by atoms with E-state index < -0.39 is 12.1 Å². The second kappa shape index (κ2) is 21.8. The first-order valence-corrected chi connectivity index (χ1v) is 16.7. The van der Waals surface area contributed by atoms with Crippen LogP contribution >= 0.6 is 0 Å².